The summed E-state index contributed by atoms with van der Waals surface area (Å²) in [5.74, 6) is -0.572. The second-order valence-electron chi connectivity index (χ2n) is 10.3. The number of pyridine rings is 1. The summed E-state index contributed by atoms with van der Waals surface area (Å²) < 4.78 is 39.6. The Kier molecular flexibility index (Phi) is 8.14. The number of amides is 1. The fourth-order valence-corrected chi connectivity index (χ4v) is 6.00. The van der Waals surface area contributed by atoms with E-state index < -0.39 is 22.5 Å². The van der Waals surface area contributed by atoms with Crippen molar-refractivity contribution in [2.24, 2.45) is 0 Å². The first-order valence-corrected chi connectivity index (χ1v) is 13.7. The Bertz CT molecular complexity index is 1390. The largest absolute Gasteiger partial charge is 0.417 e. The molecule has 3 aromatic rings. The van der Waals surface area contributed by atoms with Crippen molar-refractivity contribution in [3.8, 4) is 0 Å². The number of hydrogen-bond donors (Lipinski definition) is 1. The Hall–Kier alpha value is -3.43. The normalized spacial score (nSPS) is 17.5. The van der Waals surface area contributed by atoms with Crippen LogP contribution in [0.5, 0.6) is 0 Å². The van der Waals surface area contributed by atoms with Gasteiger partial charge in [0.1, 0.15) is 0 Å². The summed E-state index contributed by atoms with van der Waals surface area (Å²) in [6.07, 6.45) is 2.15. The number of rotatable bonds is 7. The van der Waals surface area contributed by atoms with E-state index in [1.807, 2.05) is 42.3 Å². The molecule has 10 heteroatoms. The Morgan fingerprint density at radius 2 is 1.80 bits per heavy atom. The van der Waals surface area contributed by atoms with Crippen LogP contribution in [0.4, 0.5) is 18.9 Å². The van der Waals surface area contributed by atoms with Crippen molar-refractivity contribution in [2.45, 2.75) is 43.9 Å². The van der Waals surface area contributed by atoms with E-state index in [1.165, 1.54) is 12.1 Å². The number of piperidine rings is 1. The lowest BCUT2D eigenvalue weighted by Crippen LogP contribution is -2.45. The number of halogens is 4. The first kappa shape index (κ1) is 28.1. The molecule has 1 aliphatic carbocycles. The van der Waals surface area contributed by atoms with Gasteiger partial charge in [0, 0.05) is 61.4 Å². The molecule has 2 aromatic carbocycles. The summed E-state index contributed by atoms with van der Waals surface area (Å²) in [5, 5.41) is 2.59. The van der Waals surface area contributed by atoms with Gasteiger partial charge in [0.2, 0.25) is 0 Å². The summed E-state index contributed by atoms with van der Waals surface area (Å²) >= 11 is 5.94. The second-order valence-corrected chi connectivity index (χ2v) is 10.7. The van der Waals surface area contributed by atoms with E-state index in [0.29, 0.717) is 5.56 Å². The van der Waals surface area contributed by atoms with Crippen molar-refractivity contribution in [2.75, 3.05) is 31.6 Å². The Morgan fingerprint density at radius 3 is 2.50 bits per heavy atom. The monoisotopic (exact) mass is 570 g/mol. The maximum Gasteiger partial charge on any atom is 0.417 e. The van der Waals surface area contributed by atoms with E-state index in [1.54, 1.807) is 12.4 Å². The van der Waals surface area contributed by atoms with E-state index in [2.05, 4.69) is 15.2 Å². The third-order valence-corrected chi connectivity index (χ3v) is 8.35. The molecule has 0 spiro atoms. The first-order valence-electron chi connectivity index (χ1n) is 13.3. The van der Waals surface area contributed by atoms with E-state index in [0.717, 1.165) is 61.7 Å². The molecule has 0 saturated carbocycles. The lowest BCUT2D eigenvalue weighted by atomic mass is 10.00. The van der Waals surface area contributed by atoms with Gasteiger partial charge in [-0.1, -0.05) is 23.7 Å². The third-order valence-electron chi connectivity index (χ3n) is 7.94. The minimum absolute atomic E-state index is 0.0531. The Morgan fingerprint density at radius 1 is 1.07 bits per heavy atom. The molecule has 1 fully saturated rings. The number of ketones is 1. The average molecular weight is 571 g/mol. The molecule has 1 aromatic heterocycles. The molecule has 210 valence electrons. The average Bonchev–Trinajstić information content (AvgIpc) is 3.37. The number of benzene rings is 2. The molecule has 1 unspecified atom stereocenters. The first-order chi connectivity index (χ1) is 19.1. The summed E-state index contributed by atoms with van der Waals surface area (Å²) in [4.78, 5) is 34.4. The van der Waals surface area contributed by atoms with Gasteiger partial charge in [-0.15, -0.1) is 0 Å². The highest BCUT2D eigenvalue weighted by atomic mass is 35.5. The van der Waals surface area contributed by atoms with Gasteiger partial charge in [0.05, 0.1) is 17.1 Å². The number of fused-ring (bicyclic) bond motifs is 1. The molecule has 0 bridgehead atoms. The fourth-order valence-electron chi connectivity index (χ4n) is 5.66. The van der Waals surface area contributed by atoms with Gasteiger partial charge < -0.3 is 15.1 Å². The van der Waals surface area contributed by atoms with Crippen LogP contribution in [0.3, 0.4) is 0 Å². The van der Waals surface area contributed by atoms with Crippen molar-refractivity contribution >= 4 is 29.0 Å². The Labute approximate surface area is 236 Å². The summed E-state index contributed by atoms with van der Waals surface area (Å²) in [6, 6.07) is 13.0. The molecule has 1 saturated heterocycles. The number of nitrogens with zero attached hydrogens (tertiary/aromatic N) is 3. The summed E-state index contributed by atoms with van der Waals surface area (Å²) in [7, 11) is 1.84. The highest BCUT2D eigenvalue weighted by Gasteiger charge is 2.35. The zero-order valence-corrected chi connectivity index (χ0v) is 22.8. The van der Waals surface area contributed by atoms with Crippen LogP contribution in [-0.4, -0.2) is 54.3 Å². The molecular weight excluding hydrogens is 541 g/mol. The molecule has 1 amide bonds. The van der Waals surface area contributed by atoms with Crippen molar-refractivity contribution in [3.05, 3.63) is 93.8 Å². The molecule has 6 nitrogen and oxygen atoms in total. The van der Waals surface area contributed by atoms with Gasteiger partial charge in [-0.2, -0.15) is 13.2 Å². The maximum atomic E-state index is 13.4. The van der Waals surface area contributed by atoms with Gasteiger partial charge in [-0.05, 0) is 73.2 Å². The number of anilines is 1. The summed E-state index contributed by atoms with van der Waals surface area (Å²) in [5.41, 5.74) is 2.55. The Balaban J connectivity index is 1.22. The molecule has 5 rings (SSSR count). The lowest BCUT2D eigenvalue weighted by Gasteiger charge is -2.38. The molecule has 2 aliphatic rings. The van der Waals surface area contributed by atoms with Crippen LogP contribution in [0.25, 0.3) is 0 Å². The van der Waals surface area contributed by atoms with E-state index >= 15 is 0 Å². The number of carbonyl (C=O) groups is 2. The molecule has 1 atom stereocenters. The van der Waals surface area contributed by atoms with Crippen LogP contribution in [-0.2, 0) is 12.6 Å². The van der Waals surface area contributed by atoms with Gasteiger partial charge in [0.15, 0.2) is 5.78 Å². The van der Waals surface area contributed by atoms with E-state index in [-0.39, 0.29) is 30.1 Å². The molecule has 0 radical (unpaired) electrons. The number of nitrogens with one attached hydrogen (secondary N) is 1. The van der Waals surface area contributed by atoms with Gasteiger partial charge in [0.25, 0.3) is 5.91 Å². The SMILES string of the molecule is CN(C(=O)c1ccc2c(c1)C(NCC(=O)c1cccc(C(F)(F)F)c1Cl)CC2)C1CCN(c2ccncc2)CC1. The van der Waals surface area contributed by atoms with Crippen molar-refractivity contribution in [3.63, 3.8) is 0 Å². The van der Waals surface area contributed by atoms with Crippen LogP contribution < -0.4 is 10.2 Å². The minimum atomic E-state index is -4.64. The summed E-state index contributed by atoms with van der Waals surface area (Å²) in [6.45, 7) is 1.54. The number of alkyl halides is 3. The highest BCUT2D eigenvalue weighted by molar-refractivity contribution is 6.34. The lowest BCUT2D eigenvalue weighted by molar-refractivity contribution is -0.137. The number of hydrogen-bond acceptors (Lipinski definition) is 5. The quantitative estimate of drug-likeness (QED) is 0.355. The third kappa shape index (κ3) is 5.86. The van der Waals surface area contributed by atoms with Crippen molar-refractivity contribution in [1.29, 1.82) is 0 Å². The van der Waals surface area contributed by atoms with Crippen molar-refractivity contribution in [1.82, 2.24) is 15.2 Å². The molecule has 2 heterocycles. The molecular formula is C30H30ClF3N4O2. The molecule has 1 N–H and O–H groups in total. The molecule has 40 heavy (non-hydrogen) atoms. The zero-order chi connectivity index (χ0) is 28.4. The van der Waals surface area contributed by atoms with Crippen LogP contribution in [0.1, 0.15) is 62.7 Å². The predicted molar refractivity (Wildman–Crippen MR) is 148 cm³/mol. The number of aryl methyl sites for hydroxylation is 1. The fraction of sp³-hybridized carbons (Fsp3) is 0.367. The molecule has 1 aliphatic heterocycles. The smallest absolute Gasteiger partial charge is 0.371 e. The predicted octanol–water partition coefficient (Wildman–Crippen LogP) is 5.95. The van der Waals surface area contributed by atoms with Crippen LogP contribution in [0.15, 0.2) is 60.9 Å². The van der Waals surface area contributed by atoms with Crippen LogP contribution in [0.2, 0.25) is 5.02 Å². The topological polar surface area (TPSA) is 65.5 Å². The van der Waals surface area contributed by atoms with Crippen LogP contribution >= 0.6 is 11.6 Å². The second kappa shape index (κ2) is 11.6. The van der Waals surface area contributed by atoms with Crippen molar-refractivity contribution < 1.29 is 22.8 Å². The van der Waals surface area contributed by atoms with E-state index in [9.17, 15) is 22.8 Å². The van der Waals surface area contributed by atoms with Gasteiger partial charge in [-0.3, -0.25) is 14.6 Å². The number of Topliss-reactive ketones (excluding diaryl/α,β-unsaturated/α-hetero) is 1. The number of aromatic nitrogens is 1. The van der Waals surface area contributed by atoms with Crippen LogP contribution in [0, 0.1) is 0 Å². The van der Waals surface area contributed by atoms with E-state index in [4.69, 9.17) is 11.6 Å². The van der Waals surface area contributed by atoms with Gasteiger partial charge in [-0.25, -0.2) is 0 Å². The zero-order valence-electron chi connectivity index (χ0n) is 22.0. The van der Waals surface area contributed by atoms with Gasteiger partial charge >= 0.3 is 6.18 Å². The maximum absolute atomic E-state index is 13.4. The standard InChI is InChI=1S/C30H30ClF3N4O2/c1-37(21-11-15-38(16-12-21)22-9-13-35-14-10-22)29(40)20-6-5-19-7-8-26(24(19)17-20)36-18-27(39)23-3-2-4-25(28(23)31)30(32,33)34/h2-6,9-10,13-14,17,21,26,36H,7-8,11-12,15-16,18H2,1H3. The number of carbonyl (C=O) groups excluding carboxylic acids is 2. The highest BCUT2D eigenvalue weighted by Crippen LogP contribution is 2.37. The minimum Gasteiger partial charge on any atom is -0.371 e.